The summed E-state index contributed by atoms with van der Waals surface area (Å²) in [6.07, 6.45) is 3.82. The van der Waals surface area contributed by atoms with Crippen LogP contribution in [0, 0.1) is 6.92 Å². The number of allylic oxidation sites excluding steroid dienone is 2. The van der Waals surface area contributed by atoms with E-state index in [1.165, 1.54) is 11.3 Å². The van der Waals surface area contributed by atoms with Crippen molar-refractivity contribution >= 4 is 34.3 Å². The van der Waals surface area contributed by atoms with E-state index in [4.69, 9.17) is 4.74 Å². The number of carbonyl (C=O) groups is 1. The molecule has 0 N–H and O–H groups in total. The maximum absolute atomic E-state index is 13.9. The van der Waals surface area contributed by atoms with E-state index >= 15 is 0 Å². The van der Waals surface area contributed by atoms with Crippen molar-refractivity contribution in [2.75, 3.05) is 6.61 Å². The number of nitrogens with zero attached hydrogens (tertiary/aromatic N) is 3. The zero-order chi connectivity index (χ0) is 25.4. The number of benzene rings is 2. The molecule has 0 saturated carbocycles. The first-order valence-electron chi connectivity index (χ1n) is 11.9. The SMILES string of the molecule is C=CCn1c(C)c(/C=c2/sc3n(c2=O)C(c2ccccc2)C(C(=O)OCC)=C(C)N=3)c2ccccc21. The molecule has 1 aliphatic rings. The molecule has 0 aliphatic carbocycles. The van der Waals surface area contributed by atoms with E-state index in [9.17, 15) is 9.59 Å². The largest absolute Gasteiger partial charge is 0.463 e. The molecule has 182 valence electrons. The summed E-state index contributed by atoms with van der Waals surface area (Å²) in [5.74, 6) is -0.453. The molecule has 0 spiro atoms. The van der Waals surface area contributed by atoms with Crippen LogP contribution in [0.1, 0.15) is 36.7 Å². The lowest BCUT2D eigenvalue weighted by molar-refractivity contribution is -0.139. The van der Waals surface area contributed by atoms with Gasteiger partial charge in [-0.25, -0.2) is 9.79 Å². The van der Waals surface area contributed by atoms with Gasteiger partial charge < -0.3 is 9.30 Å². The van der Waals surface area contributed by atoms with Crippen LogP contribution in [0.25, 0.3) is 17.0 Å². The molecule has 36 heavy (non-hydrogen) atoms. The average Bonchev–Trinajstić information content (AvgIpc) is 3.33. The summed E-state index contributed by atoms with van der Waals surface area (Å²) in [7, 11) is 0. The van der Waals surface area contributed by atoms with Crippen molar-refractivity contribution in [2.45, 2.75) is 33.4 Å². The van der Waals surface area contributed by atoms with Crippen molar-refractivity contribution in [1.29, 1.82) is 0 Å². The maximum Gasteiger partial charge on any atom is 0.338 e. The van der Waals surface area contributed by atoms with Crippen LogP contribution in [0.3, 0.4) is 0 Å². The smallest absolute Gasteiger partial charge is 0.338 e. The summed E-state index contributed by atoms with van der Waals surface area (Å²) < 4.78 is 9.75. The Morgan fingerprint density at radius 3 is 2.58 bits per heavy atom. The quantitative estimate of drug-likeness (QED) is 0.296. The first-order valence-corrected chi connectivity index (χ1v) is 12.7. The maximum atomic E-state index is 13.9. The Bertz CT molecular complexity index is 1700. The number of rotatable bonds is 6. The Labute approximate surface area is 212 Å². The average molecular weight is 498 g/mol. The summed E-state index contributed by atoms with van der Waals surface area (Å²) in [5, 5.41) is 1.07. The molecule has 0 amide bonds. The van der Waals surface area contributed by atoms with Crippen LogP contribution in [0.4, 0.5) is 0 Å². The third-order valence-corrected chi connectivity index (χ3v) is 7.48. The molecule has 0 fully saturated rings. The molecule has 4 aromatic rings. The van der Waals surface area contributed by atoms with Gasteiger partial charge in [0.05, 0.1) is 28.5 Å². The zero-order valence-corrected chi connectivity index (χ0v) is 21.3. The second-order valence-corrected chi connectivity index (χ2v) is 9.64. The number of hydrogen-bond acceptors (Lipinski definition) is 5. The highest BCUT2D eigenvalue weighted by Gasteiger charge is 2.33. The fourth-order valence-electron chi connectivity index (χ4n) is 4.88. The van der Waals surface area contributed by atoms with Gasteiger partial charge >= 0.3 is 5.97 Å². The monoisotopic (exact) mass is 497 g/mol. The van der Waals surface area contributed by atoms with Gasteiger partial charge in [0.2, 0.25) is 0 Å². The summed E-state index contributed by atoms with van der Waals surface area (Å²) in [6, 6.07) is 17.1. The highest BCUT2D eigenvalue weighted by atomic mass is 32.1. The van der Waals surface area contributed by atoms with Crippen LogP contribution in [-0.2, 0) is 16.1 Å². The Balaban J connectivity index is 1.77. The number of esters is 1. The number of aromatic nitrogens is 2. The number of carbonyl (C=O) groups excluding carboxylic acids is 1. The predicted molar refractivity (Wildman–Crippen MR) is 144 cm³/mol. The third-order valence-electron chi connectivity index (χ3n) is 6.50. The van der Waals surface area contributed by atoms with E-state index in [2.05, 4.69) is 35.2 Å². The standard InChI is InChI=1S/C29H27N3O3S/c1-5-16-31-19(4)22(21-14-10-11-15-23(21)31)17-24-27(33)32-26(20-12-8-7-9-13-20)25(28(34)35-6-2)18(3)30-29(32)36-24/h5,7-15,17,26H,1,6,16H2,2-4H3/b24-17+. The number of thiazole rings is 1. The van der Waals surface area contributed by atoms with E-state index in [1.807, 2.05) is 54.6 Å². The summed E-state index contributed by atoms with van der Waals surface area (Å²) in [4.78, 5) is 32.1. The second kappa shape index (κ2) is 9.59. The van der Waals surface area contributed by atoms with E-state index in [1.54, 1.807) is 18.4 Å². The van der Waals surface area contributed by atoms with Gasteiger partial charge in [0.15, 0.2) is 4.80 Å². The second-order valence-electron chi connectivity index (χ2n) is 8.63. The van der Waals surface area contributed by atoms with E-state index < -0.39 is 12.0 Å². The molecule has 0 saturated heterocycles. The molecule has 7 heteroatoms. The van der Waals surface area contributed by atoms with E-state index in [0.29, 0.717) is 27.1 Å². The van der Waals surface area contributed by atoms with Gasteiger partial charge in [0.1, 0.15) is 0 Å². The first-order chi connectivity index (χ1) is 17.5. The molecule has 1 aliphatic heterocycles. The normalized spacial score (nSPS) is 15.6. The van der Waals surface area contributed by atoms with Crippen LogP contribution in [0.2, 0.25) is 0 Å². The van der Waals surface area contributed by atoms with Crippen LogP contribution in [0.15, 0.2) is 88.3 Å². The minimum absolute atomic E-state index is 0.179. The Morgan fingerprint density at radius 2 is 1.86 bits per heavy atom. The lowest BCUT2D eigenvalue weighted by Gasteiger charge is -2.24. The van der Waals surface area contributed by atoms with Crippen molar-refractivity contribution in [3.63, 3.8) is 0 Å². The van der Waals surface area contributed by atoms with Crippen molar-refractivity contribution in [3.05, 3.63) is 115 Å². The van der Waals surface area contributed by atoms with Crippen LogP contribution in [-0.4, -0.2) is 21.7 Å². The molecule has 0 radical (unpaired) electrons. The number of ether oxygens (including phenoxy) is 1. The predicted octanol–water partition coefficient (Wildman–Crippen LogP) is 4.25. The van der Waals surface area contributed by atoms with Gasteiger partial charge in [0.25, 0.3) is 5.56 Å². The van der Waals surface area contributed by atoms with Gasteiger partial charge in [-0.3, -0.25) is 9.36 Å². The molecule has 6 nitrogen and oxygen atoms in total. The Morgan fingerprint density at radius 1 is 1.14 bits per heavy atom. The molecule has 1 unspecified atom stereocenters. The van der Waals surface area contributed by atoms with Crippen molar-refractivity contribution < 1.29 is 9.53 Å². The molecular weight excluding hydrogens is 470 g/mol. The number of hydrogen-bond donors (Lipinski definition) is 0. The van der Waals surface area contributed by atoms with Crippen molar-refractivity contribution in [2.24, 2.45) is 4.99 Å². The van der Waals surface area contributed by atoms with E-state index in [0.717, 1.165) is 27.7 Å². The highest BCUT2D eigenvalue weighted by Crippen LogP contribution is 2.31. The number of para-hydroxylation sites is 1. The van der Waals surface area contributed by atoms with Crippen LogP contribution >= 0.6 is 11.3 Å². The van der Waals surface area contributed by atoms with Gasteiger partial charge in [0, 0.05) is 28.7 Å². The molecule has 2 aromatic heterocycles. The molecule has 0 bridgehead atoms. The summed E-state index contributed by atoms with van der Waals surface area (Å²) >= 11 is 1.34. The zero-order valence-electron chi connectivity index (χ0n) is 20.5. The molecular formula is C29H27N3O3S. The highest BCUT2D eigenvalue weighted by molar-refractivity contribution is 7.07. The molecule has 1 atom stereocenters. The third kappa shape index (κ3) is 3.85. The van der Waals surface area contributed by atoms with Crippen LogP contribution < -0.4 is 14.9 Å². The summed E-state index contributed by atoms with van der Waals surface area (Å²) in [6.45, 7) is 10.4. The Kier molecular flexibility index (Phi) is 6.33. The Hall–Kier alpha value is -3.97. The minimum atomic E-state index is -0.605. The molecule has 2 aromatic carbocycles. The van der Waals surface area contributed by atoms with Gasteiger partial charge in [-0.1, -0.05) is 65.9 Å². The lowest BCUT2D eigenvalue weighted by Crippen LogP contribution is -2.39. The summed E-state index contributed by atoms with van der Waals surface area (Å²) in [5.41, 5.74) is 4.76. The number of fused-ring (bicyclic) bond motifs is 2. The topological polar surface area (TPSA) is 65.6 Å². The van der Waals surface area contributed by atoms with Gasteiger partial charge in [-0.15, -0.1) is 6.58 Å². The van der Waals surface area contributed by atoms with Gasteiger partial charge in [-0.05, 0) is 38.5 Å². The first kappa shape index (κ1) is 23.8. The van der Waals surface area contributed by atoms with Crippen molar-refractivity contribution in [1.82, 2.24) is 9.13 Å². The van der Waals surface area contributed by atoms with Crippen LogP contribution in [0.5, 0.6) is 0 Å². The van der Waals surface area contributed by atoms with E-state index in [-0.39, 0.29) is 12.2 Å². The fraction of sp³-hybridized carbons (Fsp3) is 0.207. The minimum Gasteiger partial charge on any atom is -0.463 e. The van der Waals surface area contributed by atoms with Crippen molar-refractivity contribution in [3.8, 4) is 0 Å². The van der Waals surface area contributed by atoms with Gasteiger partial charge in [-0.2, -0.15) is 0 Å². The fourth-order valence-corrected chi connectivity index (χ4v) is 5.91. The molecule has 3 heterocycles. The lowest BCUT2D eigenvalue weighted by atomic mass is 9.96. The molecule has 5 rings (SSSR count).